The van der Waals surface area contributed by atoms with Gasteiger partial charge in [-0.1, -0.05) is 13.8 Å². The third kappa shape index (κ3) is 4.07. The van der Waals surface area contributed by atoms with Crippen LogP contribution in [0.4, 0.5) is 0 Å². The summed E-state index contributed by atoms with van der Waals surface area (Å²) in [6, 6.07) is 4.93. The number of carbonyl (C=O) groups is 2. The van der Waals surface area contributed by atoms with Gasteiger partial charge in [0.1, 0.15) is 6.54 Å². The summed E-state index contributed by atoms with van der Waals surface area (Å²) < 4.78 is 2.35. The Bertz CT molecular complexity index is 1200. The van der Waals surface area contributed by atoms with E-state index in [1.807, 2.05) is 13.8 Å². The van der Waals surface area contributed by atoms with Crippen LogP contribution in [-0.4, -0.2) is 44.0 Å². The molecular weight excluding hydrogens is 388 g/mol. The van der Waals surface area contributed by atoms with Gasteiger partial charge in [0.15, 0.2) is 11.5 Å². The van der Waals surface area contributed by atoms with Crippen LogP contribution in [0.25, 0.3) is 22.6 Å². The van der Waals surface area contributed by atoms with Gasteiger partial charge in [-0.25, -0.2) is 14.3 Å². The summed E-state index contributed by atoms with van der Waals surface area (Å²) in [6.45, 7) is 4.43. The zero-order valence-electron chi connectivity index (χ0n) is 17.2. The largest absolute Gasteiger partial charge is 0.355 e. The minimum atomic E-state index is -0.813. The Morgan fingerprint density at radius 3 is 2.43 bits per heavy atom. The second-order valence-electron chi connectivity index (χ2n) is 6.94. The van der Waals surface area contributed by atoms with E-state index < -0.39 is 23.7 Å². The number of amides is 2. The molecule has 0 saturated carbocycles. The number of rotatable bonds is 7. The van der Waals surface area contributed by atoms with Crippen molar-refractivity contribution in [2.24, 2.45) is 7.05 Å². The molecule has 0 aliphatic carbocycles. The second kappa shape index (κ2) is 8.85. The van der Waals surface area contributed by atoms with Crippen LogP contribution < -0.4 is 21.9 Å². The van der Waals surface area contributed by atoms with Crippen molar-refractivity contribution in [2.75, 3.05) is 13.1 Å². The number of aromatic nitrogens is 4. The van der Waals surface area contributed by atoms with Gasteiger partial charge >= 0.3 is 5.69 Å². The highest BCUT2D eigenvalue weighted by Crippen LogP contribution is 2.20. The topological polar surface area (TPSA) is 128 Å². The van der Waals surface area contributed by atoms with Crippen molar-refractivity contribution in [2.45, 2.75) is 33.2 Å². The van der Waals surface area contributed by atoms with Crippen LogP contribution >= 0.6 is 0 Å². The lowest BCUT2D eigenvalue weighted by atomic mass is 10.1. The molecule has 0 unspecified atom stereocenters. The summed E-state index contributed by atoms with van der Waals surface area (Å²) in [5.74, 6) is -0.565. The lowest BCUT2D eigenvalue weighted by Crippen LogP contribution is -2.42. The van der Waals surface area contributed by atoms with E-state index in [0.717, 1.165) is 17.4 Å². The second-order valence-corrected chi connectivity index (χ2v) is 6.94. The molecule has 10 nitrogen and oxygen atoms in total. The van der Waals surface area contributed by atoms with Gasteiger partial charge in [-0.05, 0) is 31.0 Å². The Kier molecular flexibility index (Phi) is 6.24. The molecular formula is C20H24N6O4. The zero-order valence-corrected chi connectivity index (χ0v) is 17.2. The molecule has 3 rings (SSSR count). The van der Waals surface area contributed by atoms with Gasteiger partial charge in [-0.3, -0.25) is 14.4 Å². The Balaban J connectivity index is 2.12. The monoisotopic (exact) mass is 412 g/mol. The Hall–Kier alpha value is -3.56. The van der Waals surface area contributed by atoms with E-state index in [4.69, 9.17) is 0 Å². The predicted octanol–water partition coefficient (Wildman–Crippen LogP) is 0.261. The third-order valence-electron chi connectivity index (χ3n) is 4.65. The first-order valence-electron chi connectivity index (χ1n) is 9.83. The first-order valence-corrected chi connectivity index (χ1v) is 9.83. The molecule has 0 aromatic heterocycles. The van der Waals surface area contributed by atoms with Gasteiger partial charge in [0.05, 0.1) is 11.0 Å². The van der Waals surface area contributed by atoms with Crippen molar-refractivity contribution in [3.63, 3.8) is 0 Å². The summed E-state index contributed by atoms with van der Waals surface area (Å²) in [4.78, 5) is 57.9. The Morgan fingerprint density at radius 2 is 1.73 bits per heavy atom. The SMILES string of the molecule is CCCNC(=O)Cn1c(=O)nc2n(C)c3ccc(C(=O)NCCC)cc3nc-2c1=O. The fraction of sp³-hybridized carbons (Fsp3) is 0.400. The maximum Gasteiger partial charge on any atom is 0.353 e. The Morgan fingerprint density at radius 1 is 1.03 bits per heavy atom. The van der Waals surface area contributed by atoms with Crippen LogP contribution in [0.3, 0.4) is 0 Å². The minimum absolute atomic E-state index is 0.0426. The number of fused-ring (bicyclic) bond motifs is 2. The van der Waals surface area contributed by atoms with Gasteiger partial charge in [0, 0.05) is 25.7 Å². The van der Waals surface area contributed by atoms with Crippen LogP contribution in [0.15, 0.2) is 27.8 Å². The highest BCUT2D eigenvalue weighted by atomic mass is 16.2. The molecule has 30 heavy (non-hydrogen) atoms. The van der Waals surface area contributed by atoms with E-state index in [1.54, 1.807) is 29.8 Å². The Labute approximate surface area is 172 Å². The first-order chi connectivity index (χ1) is 14.4. The lowest BCUT2D eigenvalue weighted by molar-refractivity contribution is -0.121. The molecule has 0 atom stereocenters. The number of nitrogens with zero attached hydrogens (tertiary/aromatic N) is 4. The highest BCUT2D eigenvalue weighted by molar-refractivity contribution is 5.97. The third-order valence-corrected chi connectivity index (χ3v) is 4.65. The molecule has 0 saturated heterocycles. The van der Waals surface area contributed by atoms with Gasteiger partial charge in [-0.15, -0.1) is 0 Å². The quantitative estimate of drug-likeness (QED) is 0.536. The standard InChI is InChI=1S/C20H24N6O4/c1-4-8-21-15(27)11-26-19(29)16-17(24-20(26)30)25(3)14-7-6-12(10-13(14)23-16)18(28)22-9-5-2/h6-7,10H,4-5,8-9,11H2,1-3H3,(H,21,27)(H,22,28). The molecule has 1 aromatic rings. The molecule has 2 amide bonds. The van der Waals surface area contributed by atoms with Gasteiger partial charge in [-0.2, -0.15) is 4.98 Å². The highest BCUT2D eigenvalue weighted by Gasteiger charge is 2.21. The van der Waals surface area contributed by atoms with Crippen LogP contribution in [0, 0.1) is 0 Å². The average Bonchev–Trinajstić information content (AvgIpc) is 2.74. The van der Waals surface area contributed by atoms with E-state index in [0.29, 0.717) is 29.7 Å². The maximum atomic E-state index is 12.9. The molecule has 1 aromatic carbocycles. The van der Waals surface area contributed by atoms with E-state index in [-0.39, 0.29) is 17.4 Å². The van der Waals surface area contributed by atoms with Crippen LogP contribution in [0.5, 0.6) is 0 Å². The van der Waals surface area contributed by atoms with E-state index in [2.05, 4.69) is 20.6 Å². The number of carbonyl (C=O) groups excluding carboxylic acids is 2. The summed E-state index contributed by atoms with van der Waals surface area (Å²) in [5, 5.41) is 5.42. The molecule has 2 aliphatic rings. The minimum Gasteiger partial charge on any atom is -0.355 e. The smallest absolute Gasteiger partial charge is 0.353 e. The fourth-order valence-electron chi connectivity index (χ4n) is 3.06. The van der Waals surface area contributed by atoms with Gasteiger partial charge < -0.3 is 15.2 Å². The molecule has 10 heteroatoms. The maximum absolute atomic E-state index is 12.9. The molecule has 2 aliphatic heterocycles. The van der Waals surface area contributed by atoms with Gasteiger partial charge in [0.25, 0.3) is 11.5 Å². The zero-order chi connectivity index (χ0) is 21.8. The number of hydrogen-bond donors (Lipinski definition) is 2. The van der Waals surface area contributed by atoms with Crippen molar-refractivity contribution < 1.29 is 9.59 Å². The molecule has 0 spiro atoms. The summed E-state index contributed by atoms with van der Waals surface area (Å²) in [7, 11) is 1.66. The molecule has 2 heterocycles. The van der Waals surface area contributed by atoms with E-state index >= 15 is 0 Å². The van der Waals surface area contributed by atoms with Crippen molar-refractivity contribution in [1.82, 2.24) is 29.7 Å². The number of nitrogens with one attached hydrogen (secondary N) is 2. The summed E-state index contributed by atoms with van der Waals surface area (Å²) >= 11 is 0. The molecule has 0 bridgehead atoms. The van der Waals surface area contributed by atoms with Crippen LogP contribution in [-0.2, 0) is 18.4 Å². The van der Waals surface area contributed by atoms with E-state index in [9.17, 15) is 19.2 Å². The summed E-state index contributed by atoms with van der Waals surface area (Å²) in [6.07, 6.45) is 1.55. The molecule has 2 N–H and O–H groups in total. The summed E-state index contributed by atoms with van der Waals surface area (Å²) in [5.41, 5.74) is -0.121. The van der Waals surface area contributed by atoms with Crippen molar-refractivity contribution >= 4 is 22.8 Å². The van der Waals surface area contributed by atoms with Crippen molar-refractivity contribution in [1.29, 1.82) is 0 Å². The molecule has 158 valence electrons. The predicted molar refractivity (Wildman–Crippen MR) is 112 cm³/mol. The normalized spacial score (nSPS) is 11.0. The van der Waals surface area contributed by atoms with Crippen molar-refractivity contribution in [3.8, 4) is 11.5 Å². The van der Waals surface area contributed by atoms with Crippen LogP contribution in [0.1, 0.15) is 37.0 Å². The number of aryl methyl sites for hydroxylation is 1. The molecule has 0 radical (unpaired) electrons. The van der Waals surface area contributed by atoms with Crippen LogP contribution in [0.2, 0.25) is 0 Å². The number of hydrogen-bond acceptors (Lipinski definition) is 6. The van der Waals surface area contributed by atoms with Crippen molar-refractivity contribution in [3.05, 3.63) is 44.6 Å². The van der Waals surface area contributed by atoms with Gasteiger partial charge in [0.2, 0.25) is 5.91 Å². The van der Waals surface area contributed by atoms with E-state index in [1.165, 1.54) is 0 Å². The fourth-order valence-corrected chi connectivity index (χ4v) is 3.06. The molecule has 0 fully saturated rings. The number of benzene rings is 1. The lowest BCUT2D eigenvalue weighted by Gasteiger charge is -2.15. The average molecular weight is 412 g/mol. The first kappa shape index (κ1) is 21.2.